The molecule has 2 atom stereocenters. The Bertz CT molecular complexity index is 656. The van der Waals surface area contributed by atoms with Crippen molar-refractivity contribution in [1.29, 1.82) is 0 Å². The second-order valence-electron chi connectivity index (χ2n) is 6.00. The Morgan fingerprint density at radius 3 is 2.83 bits per heavy atom. The molecule has 3 rings (SSSR count). The summed E-state index contributed by atoms with van der Waals surface area (Å²) in [6, 6.07) is 5.68. The molecular formula is C17H21N3O3. The molecule has 1 aliphatic heterocycles. The number of aryl methyl sites for hydroxylation is 1. The van der Waals surface area contributed by atoms with Crippen molar-refractivity contribution in [2.45, 2.75) is 25.9 Å². The fourth-order valence-corrected chi connectivity index (χ4v) is 3.07. The van der Waals surface area contributed by atoms with Gasteiger partial charge in [0.15, 0.2) is 0 Å². The van der Waals surface area contributed by atoms with Crippen LogP contribution in [0.3, 0.4) is 0 Å². The van der Waals surface area contributed by atoms with Crippen LogP contribution >= 0.6 is 0 Å². The molecule has 1 saturated heterocycles. The van der Waals surface area contributed by atoms with Crippen LogP contribution in [0.15, 0.2) is 35.1 Å². The standard InChI is InChI=1S/C17H21N3O3/c1-12-7-15(23-19-12)9-14-10-20(11-16(14)22-2)17(21)8-13-3-5-18-6-4-13/h3-7,14,16H,8-11H2,1-2H3/t14-,16+/m1/s1. The van der Waals surface area contributed by atoms with E-state index < -0.39 is 0 Å². The third kappa shape index (κ3) is 3.76. The monoisotopic (exact) mass is 315 g/mol. The van der Waals surface area contributed by atoms with Crippen LogP contribution in [0.5, 0.6) is 0 Å². The van der Waals surface area contributed by atoms with Gasteiger partial charge >= 0.3 is 0 Å². The van der Waals surface area contributed by atoms with E-state index in [9.17, 15) is 4.79 Å². The van der Waals surface area contributed by atoms with Gasteiger partial charge in [-0.2, -0.15) is 0 Å². The second-order valence-corrected chi connectivity index (χ2v) is 6.00. The molecular weight excluding hydrogens is 294 g/mol. The molecule has 0 aromatic carbocycles. The van der Waals surface area contributed by atoms with E-state index in [1.165, 1.54) is 0 Å². The lowest BCUT2D eigenvalue weighted by Crippen LogP contribution is -2.31. The molecule has 3 heterocycles. The summed E-state index contributed by atoms with van der Waals surface area (Å²) in [6.45, 7) is 3.21. The number of carbonyl (C=O) groups excluding carboxylic acids is 1. The Morgan fingerprint density at radius 1 is 1.39 bits per heavy atom. The zero-order valence-electron chi connectivity index (χ0n) is 13.4. The minimum Gasteiger partial charge on any atom is -0.379 e. The van der Waals surface area contributed by atoms with Crippen LogP contribution in [0.2, 0.25) is 0 Å². The molecule has 6 heteroatoms. The first-order valence-corrected chi connectivity index (χ1v) is 7.77. The average Bonchev–Trinajstić information content (AvgIpc) is 3.15. The van der Waals surface area contributed by atoms with Crippen molar-refractivity contribution >= 4 is 5.91 Å². The lowest BCUT2D eigenvalue weighted by Gasteiger charge is -2.16. The molecule has 1 amide bonds. The van der Waals surface area contributed by atoms with Gasteiger partial charge in [-0.15, -0.1) is 0 Å². The van der Waals surface area contributed by atoms with E-state index in [-0.39, 0.29) is 17.9 Å². The maximum absolute atomic E-state index is 12.5. The molecule has 2 aromatic rings. The summed E-state index contributed by atoms with van der Waals surface area (Å²) in [5, 5.41) is 3.92. The lowest BCUT2D eigenvalue weighted by atomic mass is 10.0. The molecule has 0 spiro atoms. The molecule has 1 fully saturated rings. The summed E-state index contributed by atoms with van der Waals surface area (Å²) >= 11 is 0. The molecule has 0 bridgehead atoms. The third-order valence-electron chi connectivity index (χ3n) is 4.28. The number of ether oxygens (including phenoxy) is 1. The fourth-order valence-electron chi connectivity index (χ4n) is 3.07. The number of pyridine rings is 1. The largest absolute Gasteiger partial charge is 0.379 e. The number of likely N-dealkylation sites (tertiary alicyclic amines) is 1. The Labute approximate surface area is 135 Å². The van der Waals surface area contributed by atoms with Crippen molar-refractivity contribution in [3.8, 4) is 0 Å². The smallest absolute Gasteiger partial charge is 0.227 e. The third-order valence-corrected chi connectivity index (χ3v) is 4.28. The second kappa shape index (κ2) is 6.91. The van der Waals surface area contributed by atoms with Gasteiger partial charge in [0.05, 0.1) is 18.2 Å². The average molecular weight is 315 g/mol. The zero-order chi connectivity index (χ0) is 16.2. The number of hydrogen-bond donors (Lipinski definition) is 0. The van der Waals surface area contributed by atoms with E-state index in [0.717, 1.165) is 23.4 Å². The van der Waals surface area contributed by atoms with Gasteiger partial charge in [-0.25, -0.2) is 0 Å². The van der Waals surface area contributed by atoms with Gasteiger partial charge in [-0.3, -0.25) is 9.78 Å². The van der Waals surface area contributed by atoms with Gasteiger partial charge in [0.25, 0.3) is 0 Å². The van der Waals surface area contributed by atoms with Crippen molar-refractivity contribution in [2.24, 2.45) is 5.92 Å². The minimum atomic E-state index is 0.0294. The van der Waals surface area contributed by atoms with Crippen molar-refractivity contribution in [3.05, 3.63) is 47.6 Å². The highest BCUT2D eigenvalue weighted by molar-refractivity contribution is 5.79. The van der Waals surface area contributed by atoms with Gasteiger partial charge < -0.3 is 14.2 Å². The first-order valence-electron chi connectivity index (χ1n) is 7.77. The highest BCUT2D eigenvalue weighted by atomic mass is 16.5. The Kier molecular flexibility index (Phi) is 4.71. The molecule has 122 valence electrons. The van der Waals surface area contributed by atoms with Crippen LogP contribution in [0, 0.1) is 12.8 Å². The van der Waals surface area contributed by atoms with Gasteiger partial charge in [-0.1, -0.05) is 5.16 Å². The molecule has 0 N–H and O–H groups in total. The lowest BCUT2D eigenvalue weighted by molar-refractivity contribution is -0.129. The summed E-state index contributed by atoms with van der Waals surface area (Å²) in [5.41, 5.74) is 1.85. The predicted molar refractivity (Wildman–Crippen MR) is 83.8 cm³/mol. The number of aromatic nitrogens is 2. The molecule has 0 saturated carbocycles. The Morgan fingerprint density at radius 2 is 2.17 bits per heavy atom. The maximum atomic E-state index is 12.5. The number of methoxy groups -OCH3 is 1. The molecule has 23 heavy (non-hydrogen) atoms. The van der Waals surface area contributed by atoms with Crippen molar-refractivity contribution in [3.63, 3.8) is 0 Å². The van der Waals surface area contributed by atoms with E-state index >= 15 is 0 Å². The Hall–Kier alpha value is -2.21. The highest BCUT2D eigenvalue weighted by Gasteiger charge is 2.35. The predicted octanol–water partition coefficient (Wildman–Crippen LogP) is 1.64. The number of nitrogens with zero attached hydrogens (tertiary/aromatic N) is 3. The van der Waals surface area contributed by atoms with Crippen molar-refractivity contribution in [2.75, 3.05) is 20.2 Å². The van der Waals surface area contributed by atoms with Crippen molar-refractivity contribution in [1.82, 2.24) is 15.0 Å². The van der Waals surface area contributed by atoms with Gasteiger partial charge in [0.2, 0.25) is 5.91 Å². The molecule has 2 aromatic heterocycles. The number of carbonyl (C=O) groups is 1. The summed E-state index contributed by atoms with van der Waals surface area (Å²) in [4.78, 5) is 18.3. The van der Waals surface area contributed by atoms with Gasteiger partial charge in [0.1, 0.15) is 5.76 Å². The van der Waals surface area contributed by atoms with E-state index in [2.05, 4.69) is 10.1 Å². The first-order chi connectivity index (χ1) is 11.2. The van der Waals surface area contributed by atoms with E-state index in [1.807, 2.05) is 30.0 Å². The van der Waals surface area contributed by atoms with Crippen LogP contribution < -0.4 is 0 Å². The van der Waals surface area contributed by atoms with E-state index in [4.69, 9.17) is 9.26 Å². The first kappa shape index (κ1) is 15.7. The van der Waals surface area contributed by atoms with Crippen LogP contribution in [-0.4, -0.2) is 47.3 Å². The zero-order valence-corrected chi connectivity index (χ0v) is 13.4. The summed E-state index contributed by atoms with van der Waals surface area (Å²) in [7, 11) is 1.69. The van der Waals surface area contributed by atoms with E-state index in [1.54, 1.807) is 19.5 Å². The number of rotatable bonds is 5. The molecule has 0 radical (unpaired) electrons. The van der Waals surface area contributed by atoms with E-state index in [0.29, 0.717) is 19.5 Å². The van der Waals surface area contributed by atoms with Gasteiger partial charge in [0, 0.05) is 51.0 Å². The highest BCUT2D eigenvalue weighted by Crippen LogP contribution is 2.24. The fraction of sp³-hybridized carbons (Fsp3) is 0.471. The normalized spacial score (nSPS) is 20.9. The van der Waals surface area contributed by atoms with Gasteiger partial charge in [-0.05, 0) is 24.6 Å². The minimum absolute atomic E-state index is 0.0294. The number of amides is 1. The van der Waals surface area contributed by atoms with Crippen molar-refractivity contribution < 1.29 is 14.1 Å². The van der Waals surface area contributed by atoms with Crippen LogP contribution in [0.1, 0.15) is 17.0 Å². The molecule has 0 aliphatic carbocycles. The van der Waals surface area contributed by atoms with Crippen LogP contribution in [0.25, 0.3) is 0 Å². The SMILES string of the molecule is CO[C@H]1CN(C(=O)Cc2ccncc2)C[C@H]1Cc1cc(C)no1. The quantitative estimate of drug-likeness (QED) is 0.839. The summed E-state index contributed by atoms with van der Waals surface area (Å²) in [6.07, 6.45) is 4.58. The van der Waals surface area contributed by atoms with Crippen LogP contribution in [-0.2, 0) is 22.4 Å². The molecule has 1 aliphatic rings. The Balaban J connectivity index is 1.62. The number of hydrogen-bond acceptors (Lipinski definition) is 5. The molecule has 0 unspecified atom stereocenters. The molecule has 6 nitrogen and oxygen atoms in total. The summed E-state index contributed by atoms with van der Waals surface area (Å²) in [5.74, 6) is 1.20. The maximum Gasteiger partial charge on any atom is 0.227 e. The summed E-state index contributed by atoms with van der Waals surface area (Å²) < 4.78 is 10.9. The topological polar surface area (TPSA) is 68.5 Å². The van der Waals surface area contributed by atoms with Crippen LogP contribution in [0.4, 0.5) is 0 Å².